The predicted molar refractivity (Wildman–Crippen MR) is 128 cm³/mol. The maximum Gasteiger partial charge on any atom is 0.258 e. The summed E-state index contributed by atoms with van der Waals surface area (Å²) in [6.07, 6.45) is 2.15. The lowest BCUT2D eigenvalue weighted by atomic mass is 9.60. The molecule has 2 bridgehead atoms. The molecule has 9 nitrogen and oxygen atoms in total. The van der Waals surface area contributed by atoms with Crippen LogP contribution in [0.3, 0.4) is 0 Å². The normalized spacial score (nSPS) is 24.8. The largest absolute Gasteiger partial charge is 0.484 e. The van der Waals surface area contributed by atoms with Crippen molar-refractivity contribution in [3.63, 3.8) is 0 Å². The number of hydrogen-bond acceptors (Lipinski definition) is 7. The van der Waals surface area contributed by atoms with E-state index in [1.165, 1.54) is 30.3 Å². The van der Waals surface area contributed by atoms with Crippen LogP contribution < -0.4 is 20.1 Å². The van der Waals surface area contributed by atoms with E-state index in [2.05, 4.69) is 10.6 Å². The van der Waals surface area contributed by atoms with Gasteiger partial charge in [-0.05, 0) is 68.5 Å². The van der Waals surface area contributed by atoms with Crippen LogP contribution in [0.1, 0.15) is 32.1 Å². The second-order valence-corrected chi connectivity index (χ2v) is 11.6. The Labute approximate surface area is 213 Å². The van der Waals surface area contributed by atoms with E-state index in [0.717, 1.165) is 18.4 Å². The van der Waals surface area contributed by atoms with E-state index >= 15 is 0 Å². The highest BCUT2D eigenvalue weighted by atomic mass is 32.2. The molecule has 3 aliphatic rings. The summed E-state index contributed by atoms with van der Waals surface area (Å²) in [5, 5.41) is 16.6. The first-order valence-electron chi connectivity index (χ1n) is 11.7. The molecule has 2 aromatic rings. The molecule has 0 radical (unpaired) electrons. The topological polar surface area (TPSA) is 131 Å². The molecule has 3 saturated carbocycles. The Hall–Kier alpha value is -3.25. The van der Waals surface area contributed by atoms with Crippen LogP contribution in [-0.4, -0.2) is 62.0 Å². The first-order valence-corrected chi connectivity index (χ1v) is 13.6. The van der Waals surface area contributed by atoms with Gasteiger partial charge in [0.25, 0.3) is 11.8 Å². The van der Waals surface area contributed by atoms with Gasteiger partial charge in [-0.25, -0.2) is 17.2 Å². The van der Waals surface area contributed by atoms with Crippen molar-refractivity contribution in [2.75, 3.05) is 19.5 Å². The summed E-state index contributed by atoms with van der Waals surface area (Å²) in [4.78, 5) is 24.6. The first-order chi connectivity index (χ1) is 17.4. The molecule has 0 aliphatic heterocycles. The first kappa shape index (κ1) is 26.8. The van der Waals surface area contributed by atoms with Gasteiger partial charge in [-0.1, -0.05) is 0 Å². The molecule has 0 unspecified atom stereocenters. The summed E-state index contributed by atoms with van der Waals surface area (Å²) in [6.45, 7) is -0.705. The van der Waals surface area contributed by atoms with Gasteiger partial charge in [0.05, 0.1) is 11.6 Å². The fraction of sp³-hybridized carbons (Fsp3) is 0.440. The summed E-state index contributed by atoms with van der Waals surface area (Å²) in [6, 6.07) is 8.54. The molecule has 37 heavy (non-hydrogen) atoms. The van der Waals surface area contributed by atoms with Crippen molar-refractivity contribution in [2.24, 2.45) is 0 Å². The van der Waals surface area contributed by atoms with Gasteiger partial charge in [0, 0.05) is 17.9 Å². The van der Waals surface area contributed by atoms with Crippen LogP contribution in [-0.2, 0) is 19.4 Å². The zero-order valence-corrected chi connectivity index (χ0v) is 20.9. The van der Waals surface area contributed by atoms with Gasteiger partial charge < -0.3 is 25.2 Å². The predicted octanol–water partition coefficient (Wildman–Crippen LogP) is 1.87. The summed E-state index contributed by atoms with van der Waals surface area (Å²) in [5.74, 6) is -1.91. The number of carbonyl (C=O) groups is 2. The average molecular weight is 539 g/mol. The molecule has 3 N–H and O–H groups in total. The van der Waals surface area contributed by atoms with Gasteiger partial charge in [0.2, 0.25) is 0 Å². The fourth-order valence-electron chi connectivity index (χ4n) is 5.01. The molecule has 200 valence electrons. The standard InChI is InChI=1S/C25H28F2N2O7S/c1-37(33,34)20-7-6-18(12-19(20)27)36-14-22(31)28-24-8-10-25(11-9-24,21(30)13-24)29-23(32)15-35-17-4-2-16(26)3-5-17/h2-7,12,21,30H,8-11,13-15H2,1H3,(H,28,31)(H,29,32)/t21-,24?,25?/m1/s1. The highest BCUT2D eigenvalue weighted by Gasteiger charge is 2.55. The van der Waals surface area contributed by atoms with Crippen LogP contribution in [0, 0.1) is 11.6 Å². The van der Waals surface area contributed by atoms with E-state index in [1.54, 1.807) is 0 Å². The van der Waals surface area contributed by atoms with Crippen molar-refractivity contribution >= 4 is 21.7 Å². The van der Waals surface area contributed by atoms with Gasteiger partial charge in [-0.2, -0.15) is 0 Å². The number of hydrogen-bond donors (Lipinski definition) is 3. The van der Waals surface area contributed by atoms with Crippen LogP contribution in [0.5, 0.6) is 11.5 Å². The van der Waals surface area contributed by atoms with Gasteiger partial charge in [-0.3, -0.25) is 9.59 Å². The summed E-state index contributed by atoms with van der Waals surface area (Å²) >= 11 is 0. The van der Waals surface area contributed by atoms with Gasteiger partial charge in [0.15, 0.2) is 23.1 Å². The number of ether oxygens (including phenoxy) is 2. The Kier molecular flexibility index (Phi) is 7.43. The van der Waals surface area contributed by atoms with Crippen LogP contribution in [0.2, 0.25) is 0 Å². The van der Waals surface area contributed by atoms with E-state index < -0.39 is 62.0 Å². The van der Waals surface area contributed by atoms with Crippen molar-refractivity contribution in [1.82, 2.24) is 10.6 Å². The van der Waals surface area contributed by atoms with Crippen LogP contribution in [0.15, 0.2) is 47.4 Å². The summed E-state index contributed by atoms with van der Waals surface area (Å²) < 4.78 is 60.8. The minimum atomic E-state index is -3.72. The van der Waals surface area contributed by atoms with Crippen molar-refractivity contribution in [1.29, 1.82) is 0 Å². The lowest BCUT2D eigenvalue weighted by Crippen LogP contribution is -2.70. The van der Waals surface area contributed by atoms with E-state index in [-0.39, 0.29) is 18.8 Å². The number of aliphatic hydroxyl groups excluding tert-OH is 1. The van der Waals surface area contributed by atoms with E-state index in [4.69, 9.17) is 9.47 Å². The molecule has 0 spiro atoms. The monoisotopic (exact) mass is 538 g/mol. The quantitative estimate of drug-likeness (QED) is 0.444. The molecular formula is C25H28F2N2O7S. The Balaban J connectivity index is 1.28. The summed E-state index contributed by atoms with van der Waals surface area (Å²) in [7, 11) is -3.72. The van der Waals surface area contributed by atoms with Gasteiger partial charge in [0.1, 0.15) is 28.0 Å². The molecule has 2 aromatic carbocycles. The second-order valence-electron chi connectivity index (χ2n) is 9.65. The molecule has 3 fully saturated rings. The zero-order valence-electron chi connectivity index (χ0n) is 20.1. The lowest BCUT2D eigenvalue weighted by molar-refractivity contribution is -0.137. The van der Waals surface area contributed by atoms with Crippen LogP contribution in [0.4, 0.5) is 8.78 Å². The third kappa shape index (κ3) is 6.19. The Morgan fingerprint density at radius 3 is 2.08 bits per heavy atom. The number of fused-ring (bicyclic) bond motifs is 3. The van der Waals surface area contributed by atoms with E-state index in [0.29, 0.717) is 31.4 Å². The van der Waals surface area contributed by atoms with Crippen LogP contribution in [0.25, 0.3) is 0 Å². The van der Waals surface area contributed by atoms with Gasteiger partial charge >= 0.3 is 0 Å². The van der Waals surface area contributed by atoms with Crippen LogP contribution >= 0.6 is 0 Å². The molecule has 2 amide bonds. The Morgan fingerprint density at radius 1 is 0.946 bits per heavy atom. The molecule has 0 aromatic heterocycles. The van der Waals surface area contributed by atoms with E-state index in [1.807, 2.05) is 0 Å². The molecule has 0 heterocycles. The number of amides is 2. The Morgan fingerprint density at radius 2 is 1.51 bits per heavy atom. The third-order valence-corrected chi connectivity index (χ3v) is 8.10. The zero-order chi connectivity index (χ0) is 26.8. The number of benzene rings is 2. The molecular weight excluding hydrogens is 510 g/mol. The van der Waals surface area contributed by atoms with E-state index in [9.17, 15) is 31.9 Å². The molecule has 1 atom stereocenters. The number of halogens is 2. The molecule has 3 aliphatic carbocycles. The maximum atomic E-state index is 14.0. The SMILES string of the molecule is CS(=O)(=O)c1ccc(OCC(=O)NC23CCC(NC(=O)COc4ccc(F)cc4)(CC2)[C@H](O)C3)cc1F. The average Bonchev–Trinajstić information content (AvgIpc) is 2.83. The van der Waals surface area contributed by atoms with Crippen molar-refractivity contribution < 1.29 is 41.4 Å². The number of aliphatic hydroxyl groups is 1. The minimum absolute atomic E-state index is 0.00876. The number of carbonyl (C=O) groups excluding carboxylic acids is 2. The third-order valence-electron chi connectivity index (χ3n) is 6.97. The summed E-state index contributed by atoms with van der Waals surface area (Å²) in [5.41, 5.74) is -1.49. The molecule has 5 rings (SSSR count). The molecule has 0 saturated heterocycles. The number of sulfone groups is 1. The van der Waals surface area contributed by atoms with Gasteiger partial charge in [-0.15, -0.1) is 0 Å². The number of rotatable bonds is 9. The van der Waals surface area contributed by atoms with Crippen molar-refractivity contribution in [2.45, 2.75) is 54.2 Å². The minimum Gasteiger partial charge on any atom is -0.484 e. The highest BCUT2D eigenvalue weighted by Crippen LogP contribution is 2.47. The second kappa shape index (κ2) is 10.3. The maximum absolute atomic E-state index is 14.0. The fourth-order valence-corrected chi connectivity index (χ4v) is 5.74. The van der Waals surface area contributed by atoms with Crippen molar-refractivity contribution in [3.05, 3.63) is 54.1 Å². The molecule has 12 heteroatoms. The smallest absolute Gasteiger partial charge is 0.258 e. The number of nitrogens with one attached hydrogen (secondary N) is 2. The Bertz CT molecular complexity index is 1280. The lowest BCUT2D eigenvalue weighted by Gasteiger charge is -2.56. The highest BCUT2D eigenvalue weighted by molar-refractivity contribution is 7.90. The van der Waals surface area contributed by atoms with Crippen molar-refractivity contribution in [3.8, 4) is 11.5 Å².